The molecule has 1 saturated heterocycles. The summed E-state index contributed by atoms with van der Waals surface area (Å²) in [7, 11) is 0. The number of rotatable bonds is 4. The number of hydroxylamine groups is 2. The van der Waals surface area contributed by atoms with Gasteiger partial charge in [0.15, 0.2) is 0 Å². The maximum atomic E-state index is 12.3. The number of nitrogens with zero attached hydrogens (tertiary/aromatic N) is 3. The van der Waals surface area contributed by atoms with Crippen molar-refractivity contribution in [1.29, 1.82) is 0 Å². The zero-order chi connectivity index (χ0) is 19.2. The second-order valence-electron chi connectivity index (χ2n) is 5.89. The van der Waals surface area contributed by atoms with Crippen LogP contribution in [0.25, 0.3) is 0 Å². The van der Waals surface area contributed by atoms with E-state index in [4.69, 9.17) is 4.84 Å². The summed E-state index contributed by atoms with van der Waals surface area (Å²) in [5.74, 6) is -0.431. The Balaban J connectivity index is 1.47. The lowest BCUT2D eigenvalue weighted by molar-refractivity contribution is -0.384. The number of nitro benzene ring substituents is 1. The molecular formula is C18H18N4O5. The van der Waals surface area contributed by atoms with Crippen molar-refractivity contribution in [2.45, 2.75) is 0 Å². The fourth-order valence-corrected chi connectivity index (χ4v) is 2.60. The van der Waals surface area contributed by atoms with E-state index in [-0.39, 0.29) is 11.7 Å². The van der Waals surface area contributed by atoms with Crippen molar-refractivity contribution in [3.05, 3.63) is 70.3 Å². The van der Waals surface area contributed by atoms with E-state index in [1.165, 1.54) is 29.3 Å². The highest BCUT2D eigenvalue weighted by molar-refractivity contribution is 5.90. The van der Waals surface area contributed by atoms with Crippen LogP contribution in [0.3, 0.4) is 0 Å². The second kappa shape index (κ2) is 8.28. The van der Waals surface area contributed by atoms with Gasteiger partial charge in [0.1, 0.15) is 0 Å². The predicted octanol–water partition coefficient (Wildman–Crippen LogP) is 2.52. The molecule has 2 aromatic carbocycles. The molecule has 1 fully saturated rings. The summed E-state index contributed by atoms with van der Waals surface area (Å²) in [6, 6.07) is 14.0. The molecule has 0 radical (unpaired) electrons. The van der Waals surface area contributed by atoms with E-state index in [1.807, 2.05) is 6.07 Å². The Hall–Kier alpha value is -3.46. The van der Waals surface area contributed by atoms with Crippen molar-refractivity contribution in [2.24, 2.45) is 0 Å². The highest BCUT2D eigenvalue weighted by Crippen LogP contribution is 2.16. The van der Waals surface area contributed by atoms with E-state index < -0.39 is 10.9 Å². The first-order chi connectivity index (χ1) is 13.0. The Morgan fingerprint density at radius 3 is 2.19 bits per heavy atom. The first-order valence-corrected chi connectivity index (χ1v) is 8.35. The van der Waals surface area contributed by atoms with Crippen LogP contribution in [0.1, 0.15) is 10.4 Å². The summed E-state index contributed by atoms with van der Waals surface area (Å²) < 4.78 is 0. The Labute approximate surface area is 155 Å². The topological polar surface area (TPSA) is 105 Å². The molecule has 9 heteroatoms. The molecule has 0 atom stereocenters. The van der Waals surface area contributed by atoms with E-state index in [1.54, 1.807) is 29.2 Å². The zero-order valence-electron chi connectivity index (χ0n) is 14.4. The third-order valence-electron chi connectivity index (χ3n) is 4.08. The van der Waals surface area contributed by atoms with Crippen LogP contribution < -0.4 is 5.32 Å². The Bertz CT molecular complexity index is 817. The average Bonchev–Trinajstić information content (AvgIpc) is 2.69. The third kappa shape index (κ3) is 4.79. The number of nitrogens with one attached hydrogen (secondary N) is 1. The molecular weight excluding hydrogens is 352 g/mol. The van der Waals surface area contributed by atoms with Gasteiger partial charge in [-0.05, 0) is 24.3 Å². The van der Waals surface area contributed by atoms with Crippen LogP contribution in [0.5, 0.6) is 0 Å². The zero-order valence-corrected chi connectivity index (χ0v) is 14.4. The molecule has 1 aliphatic heterocycles. The van der Waals surface area contributed by atoms with Crippen molar-refractivity contribution in [2.75, 3.05) is 31.5 Å². The van der Waals surface area contributed by atoms with Crippen LogP contribution >= 0.6 is 0 Å². The van der Waals surface area contributed by atoms with Gasteiger partial charge in [-0.15, -0.1) is 5.06 Å². The Morgan fingerprint density at radius 1 is 0.963 bits per heavy atom. The summed E-state index contributed by atoms with van der Waals surface area (Å²) in [6.45, 7) is 1.57. The lowest BCUT2D eigenvalue weighted by atomic mass is 10.2. The second-order valence-corrected chi connectivity index (χ2v) is 5.89. The van der Waals surface area contributed by atoms with Gasteiger partial charge in [0.2, 0.25) is 0 Å². The first-order valence-electron chi connectivity index (χ1n) is 8.35. The van der Waals surface area contributed by atoms with Gasteiger partial charge >= 0.3 is 12.0 Å². The fraction of sp³-hybridized carbons (Fsp3) is 0.222. The SMILES string of the molecule is O=C(ON1CCN(C(=O)Nc2ccc([N+](=O)[O-])cc2)CC1)c1ccccc1. The molecule has 1 N–H and O–H groups in total. The van der Waals surface area contributed by atoms with Gasteiger partial charge in [0, 0.05) is 30.9 Å². The Kier molecular flexibility index (Phi) is 5.62. The minimum atomic E-state index is -0.498. The molecule has 0 aliphatic carbocycles. The maximum Gasteiger partial charge on any atom is 0.357 e. The number of nitro groups is 1. The molecule has 0 unspecified atom stereocenters. The first kappa shape index (κ1) is 18.3. The summed E-state index contributed by atoms with van der Waals surface area (Å²) in [5.41, 5.74) is 0.904. The Morgan fingerprint density at radius 2 is 1.59 bits per heavy atom. The number of piperazine rings is 1. The van der Waals surface area contributed by atoms with Gasteiger partial charge in [0.05, 0.1) is 23.6 Å². The van der Waals surface area contributed by atoms with Crippen LogP contribution in [0.15, 0.2) is 54.6 Å². The largest absolute Gasteiger partial charge is 0.364 e. The molecule has 27 heavy (non-hydrogen) atoms. The van der Waals surface area contributed by atoms with Crippen LogP contribution in [0, 0.1) is 10.1 Å². The van der Waals surface area contributed by atoms with Crippen LogP contribution in [-0.4, -0.2) is 53.1 Å². The van der Waals surface area contributed by atoms with Crippen molar-refractivity contribution in [1.82, 2.24) is 9.96 Å². The van der Waals surface area contributed by atoms with Crippen molar-refractivity contribution in [3.8, 4) is 0 Å². The summed E-state index contributed by atoms with van der Waals surface area (Å²) >= 11 is 0. The predicted molar refractivity (Wildman–Crippen MR) is 97.1 cm³/mol. The van der Waals surface area contributed by atoms with Gasteiger partial charge < -0.3 is 15.1 Å². The van der Waals surface area contributed by atoms with Gasteiger partial charge in [0.25, 0.3) is 5.69 Å². The standard InChI is InChI=1S/C18H18N4O5/c23-17(14-4-2-1-3-5-14)27-21-12-10-20(11-13-21)18(24)19-15-6-8-16(9-7-15)22(25)26/h1-9H,10-13H2,(H,19,24). The fourth-order valence-electron chi connectivity index (χ4n) is 2.60. The number of amides is 2. The van der Waals surface area contributed by atoms with E-state index in [0.29, 0.717) is 37.4 Å². The van der Waals surface area contributed by atoms with Gasteiger partial charge in [-0.3, -0.25) is 10.1 Å². The van der Waals surface area contributed by atoms with E-state index in [0.717, 1.165) is 0 Å². The van der Waals surface area contributed by atoms with Crippen LogP contribution in [0.2, 0.25) is 0 Å². The summed E-state index contributed by atoms with van der Waals surface area (Å²) in [5, 5.41) is 14.9. The van der Waals surface area contributed by atoms with Crippen LogP contribution in [-0.2, 0) is 4.84 Å². The molecule has 0 saturated carbocycles. The molecule has 1 aliphatic rings. The highest BCUT2D eigenvalue weighted by Gasteiger charge is 2.24. The molecule has 0 bridgehead atoms. The number of hydrogen-bond acceptors (Lipinski definition) is 6. The number of hydrogen-bond donors (Lipinski definition) is 1. The van der Waals surface area contributed by atoms with Crippen molar-refractivity contribution >= 4 is 23.4 Å². The van der Waals surface area contributed by atoms with E-state index >= 15 is 0 Å². The van der Waals surface area contributed by atoms with E-state index in [9.17, 15) is 19.7 Å². The number of carbonyl (C=O) groups excluding carboxylic acids is 2. The number of non-ortho nitro benzene ring substituents is 1. The third-order valence-corrected chi connectivity index (χ3v) is 4.08. The quantitative estimate of drug-likeness (QED) is 0.655. The average molecular weight is 370 g/mol. The number of benzene rings is 2. The van der Waals surface area contributed by atoms with Gasteiger partial charge in [-0.1, -0.05) is 18.2 Å². The molecule has 2 amide bonds. The van der Waals surface area contributed by atoms with Crippen molar-refractivity contribution < 1.29 is 19.3 Å². The number of carbonyl (C=O) groups is 2. The maximum absolute atomic E-state index is 12.3. The van der Waals surface area contributed by atoms with Crippen LogP contribution in [0.4, 0.5) is 16.2 Å². The molecule has 9 nitrogen and oxygen atoms in total. The van der Waals surface area contributed by atoms with E-state index in [2.05, 4.69) is 5.32 Å². The van der Waals surface area contributed by atoms with Crippen molar-refractivity contribution in [3.63, 3.8) is 0 Å². The molecule has 0 spiro atoms. The molecule has 1 heterocycles. The molecule has 3 rings (SSSR count). The molecule has 140 valence electrons. The smallest absolute Gasteiger partial charge is 0.357 e. The molecule has 0 aromatic heterocycles. The highest BCUT2D eigenvalue weighted by atomic mass is 16.7. The monoisotopic (exact) mass is 370 g/mol. The molecule has 2 aromatic rings. The number of anilines is 1. The number of urea groups is 1. The summed E-state index contributed by atoms with van der Waals surface area (Å²) in [4.78, 5) is 41.4. The summed E-state index contributed by atoms with van der Waals surface area (Å²) in [6.07, 6.45) is 0. The lowest BCUT2D eigenvalue weighted by Gasteiger charge is -2.33. The minimum absolute atomic E-state index is 0.0400. The minimum Gasteiger partial charge on any atom is -0.364 e. The normalized spacial score (nSPS) is 14.4. The lowest BCUT2D eigenvalue weighted by Crippen LogP contribution is -2.50. The van der Waals surface area contributed by atoms with Gasteiger partial charge in [-0.25, -0.2) is 9.59 Å². The van der Waals surface area contributed by atoms with Gasteiger partial charge in [-0.2, -0.15) is 0 Å².